The maximum atomic E-state index is 13.2. The van der Waals surface area contributed by atoms with Crippen molar-refractivity contribution in [2.24, 2.45) is 29.6 Å². The van der Waals surface area contributed by atoms with E-state index in [4.69, 9.17) is 0 Å². The smallest absolute Gasteiger partial charge is 0.325 e. The fourth-order valence-electron chi connectivity index (χ4n) is 6.21. The molecule has 4 heterocycles. The van der Waals surface area contributed by atoms with Crippen LogP contribution < -0.4 is 4.87 Å². The van der Waals surface area contributed by atoms with Crippen LogP contribution in [0.4, 0.5) is 0 Å². The van der Waals surface area contributed by atoms with E-state index in [1.54, 1.807) is 23.1 Å². The molecule has 3 fully saturated rings. The van der Waals surface area contributed by atoms with Gasteiger partial charge in [0.2, 0.25) is 11.8 Å². The maximum Gasteiger partial charge on any atom is 0.325 e. The standard InChI is InChI=1S/C20H18N2O5S3/c1-27-10(23)6-22-18(24)12-7-5-8(13(12)19(22)25)15-11(7)14(9-3-2-4-28-9)16-17(29-15)21-20(26)30-16/h2-4,7-8,11-15H,5-6H2,1H3,(H,21,26)/t7-,8-,11-,12-,13-,14-,15+/m0/s1. The topological polar surface area (TPSA) is 96.5 Å². The molecule has 0 radical (unpaired) electrons. The fraction of sp³-hybridized carbons (Fsp3) is 0.500. The van der Waals surface area contributed by atoms with E-state index in [9.17, 15) is 19.2 Å². The maximum absolute atomic E-state index is 13.2. The van der Waals surface area contributed by atoms with Gasteiger partial charge in [0, 0.05) is 20.9 Å². The van der Waals surface area contributed by atoms with E-state index in [0.717, 1.165) is 21.2 Å². The lowest BCUT2D eigenvalue weighted by molar-refractivity contribution is -0.151. The van der Waals surface area contributed by atoms with Crippen LogP contribution in [0.5, 0.6) is 0 Å². The lowest BCUT2D eigenvalue weighted by atomic mass is 9.69. The van der Waals surface area contributed by atoms with E-state index >= 15 is 0 Å². The van der Waals surface area contributed by atoms with E-state index in [1.807, 2.05) is 11.4 Å². The number of thiazole rings is 1. The van der Waals surface area contributed by atoms with Gasteiger partial charge in [0.25, 0.3) is 0 Å². The molecule has 156 valence electrons. The number of carbonyl (C=O) groups is 3. The lowest BCUT2D eigenvalue weighted by Crippen LogP contribution is -2.42. The van der Waals surface area contributed by atoms with Gasteiger partial charge in [-0.15, -0.1) is 23.1 Å². The molecule has 2 bridgehead atoms. The summed E-state index contributed by atoms with van der Waals surface area (Å²) in [5, 5.41) is 3.13. The third-order valence-corrected chi connectivity index (χ3v) is 10.7. The molecule has 2 amide bonds. The Morgan fingerprint density at radius 2 is 2.00 bits per heavy atom. The van der Waals surface area contributed by atoms with E-state index < -0.39 is 5.97 Å². The molecule has 0 spiro atoms. The first kappa shape index (κ1) is 18.8. The molecule has 2 aromatic heterocycles. The summed E-state index contributed by atoms with van der Waals surface area (Å²) in [5.41, 5.74) is 0. The molecule has 0 unspecified atom stereocenters. The molecule has 2 aromatic rings. The summed E-state index contributed by atoms with van der Waals surface area (Å²) >= 11 is 4.61. The van der Waals surface area contributed by atoms with Crippen molar-refractivity contribution in [3.8, 4) is 0 Å². The van der Waals surface area contributed by atoms with Gasteiger partial charge in [0.15, 0.2) is 0 Å². The van der Waals surface area contributed by atoms with Gasteiger partial charge >= 0.3 is 10.8 Å². The van der Waals surface area contributed by atoms with Crippen molar-refractivity contribution in [3.05, 3.63) is 36.9 Å². The van der Waals surface area contributed by atoms with Gasteiger partial charge in [0.05, 0.1) is 24.0 Å². The molecule has 7 nitrogen and oxygen atoms in total. The second-order valence-corrected chi connectivity index (χ2v) is 11.5. The van der Waals surface area contributed by atoms with Crippen LogP contribution >= 0.6 is 34.4 Å². The van der Waals surface area contributed by atoms with Crippen LogP contribution in [0.25, 0.3) is 0 Å². The van der Waals surface area contributed by atoms with Crippen LogP contribution in [0.3, 0.4) is 0 Å². The quantitative estimate of drug-likeness (QED) is 0.555. The molecule has 10 heteroatoms. The number of likely N-dealkylation sites (tertiary alicyclic amines) is 1. The molecule has 7 atom stereocenters. The Kier molecular flexibility index (Phi) is 4.11. The zero-order valence-electron chi connectivity index (χ0n) is 15.9. The summed E-state index contributed by atoms with van der Waals surface area (Å²) in [6.07, 6.45) is 0.849. The average Bonchev–Trinajstić information content (AvgIpc) is 3.52. The highest BCUT2D eigenvalue weighted by Gasteiger charge is 2.69. The first-order valence-corrected chi connectivity index (χ1v) is 12.4. The SMILES string of the molecule is COC(=O)CN1C(=O)[C@H]2[C@@H]3C[C@H]([C@@H]2C1=O)[C@H]1[C@H](c2cccs2)c2sc(=O)[nH]c2S[C@H]31. The van der Waals surface area contributed by atoms with Crippen LogP contribution in [0.1, 0.15) is 22.1 Å². The Hall–Kier alpha value is -1.91. The summed E-state index contributed by atoms with van der Waals surface area (Å²) in [4.78, 5) is 56.5. The summed E-state index contributed by atoms with van der Waals surface area (Å²) < 4.78 is 4.68. The second-order valence-electron chi connectivity index (χ2n) is 8.31. The predicted molar refractivity (Wildman–Crippen MR) is 112 cm³/mol. The van der Waals surface area contributed by atoms with Gasteiger partial charge in [-0.3, -0.25) is 24.1 Å². The molecule has 6 rings (SSSR count). The molecule has 0 aromatic carbocycles. The minimum absolute atomic E-state index is 0.0574. The number of nitrogens with zero attached hydrogens (tertiary/aromatic N) is 1. The number of aromatic amines is 1. The number of nitrogens with one attached hydrogen (secondary N) is 1. The number of H-pyrrole nitrogens is 1. The number of imide groups is 1. The van der Waals surface area contributed by atoms with Crippen LogP contribution in [-0.2, 0) is 19.1 Å². The number of hydrogen-bond donors (Lipinski definition) is 1. The number of rotatable bonds is 3. The molecule has 2 saturated carbocycles. The Balaban J connectivity index is 1.42. The number of aromatic nitrogens is 1. The van der Waals surface area contributed by atoms with Gasteiger partial charge in [-0.25, -0.2) is 0 Å². The minimum atomic E-state index is -0.577. The Labute approximate surface area is 183 Å². The molecule has 30 heavy (non-hydrogen) atoms. The highest BCUT2D eigenvalue weighted by molar-refractivity contribution is 8.00. The van der Waals surface area contributed by atoms with Gasteiger partial charge in [-0.1, -0.05) is 17.4 Å². The fourth-order valence-corrected chi connectivity index (χ4v) is 10.1. The van der Waals surface area contributed by atoms with Crippen molar-refractivity contribution in [2.45, 2.75) is 22.6 Å². The van der Waals surface area contributed by atoms with Gasteiger partial charge in [-0.05, 0) is 35.6 Å². The van der Waals surface area contributed by atoms with Crippen molar-refractivity contribution in [1.82, 2.24) is 9.88 Å². The van der Waals surface area contributed by atoms with E-state index in [-0.39, 0.29) is 64.0 Å². The van der Waals surface area contributed by atoms with Crippen molar-refractivity contribution < 1.29 is 19.1 Å². The van der Waals surface area contributed by atoms with Gasteiger partial charge < -0.3 is 9.72 Å². The number of hydrogen-bond acceptors (Lipinski definition) is 8. The average molecular weight is 463 g/mol. The van der Waals surface area contributed by atoms with Gasteiger partial charge in [0.1, 0.15) is 6.54 Å². The van der Waals surface area contributed by atoms with Crippen LogP contribution in [0.2, 0.25) is 0 Å². The number of thiophene rings is 1. The lowest BCUT2D eigenvalue weighted by Gasteiger charge is -2.42. The van der Waals surface area contributed by atoms with Crippen LogP contribution in [0, 0.1) is 29.6 Å². The molecule has 2 aliphatic heterocycles. The number of methoxy groups -OCH3 is 1. The highest BCUT2D eigenvalue weighted by Crippen LogP contribution is 2.68. The number of thioether (sulfide) groups is 1. The van der Waals surface area contributed by atoms with E-state index in [2.05, 4.69) is 15.8 Å². The predicted octanol–water partition coefficient (Wildman–Crippen LogP) is 2.14. The van der Waals surface area contributed by atoms with E-state index in [1.165, 1.54) is 23.3 Å². The molecule has 2 aliphatic carbocycles. The number of fused-ring (bicyclic) bond motifs is 9. The third kappa shape index (κ3) is 2.38. The minimum Gasteiger partial charge on any atom is -0.468 e. The monoisotopic (exact) mass is 462 g/mol. The van der Waals surface area contributed by atoms with Crippen molar-refractivity contribution >= 4 is 52.2 Å². The zero-order chi connectivity index (χ0) is 20.7. The van der Waals surface area contributed by atoms with Crippen molar-refractivity contribution in [2.75, 3.05) is 13.7 Å². The van der Waals surface area contributed by atoms with Crippen molar-refractivity contribution in [3.63, 3.8) is 0 Å². The summed E-state index contributed by atoms with van der Waals surface area (Å²) in [5.74, 6) is -1.35. The molecular weight excluding hydrogens is 444 g/mol. The Bertz CT molecular complexity index is 1120. The number of amides is 2. The Morgan fingerprint density at radius 1 is 1.23 bits per heavy atom. The molecule has 1 N–H and O–H groups in total. The van der Waals surface area contributed by atoms with Crippen LogP contribution in [-0.4, -0.2) is 46.6 Å². The van der Waals surface area contributed by atoms with Crippen LogP contribution in [0.15, 0.2) is 27.3 Å². The number of carbonyl (C=O) groups excluding carboxylic acids is 3. The normalized spacial score (nSPS) is 36.0. The van der Waals surface area contributed by atoms with E-state index in [0.29, 0.717) is 0 Å². The Morgan fingerprint density at radius 3 is 2.70 bits per heavy atom. The van der Waals surface area contributed by atoms with Crippen molar-refractivity contribution in [1.29, 1.82) is 0 Å². The summed E-state index contributed by atoms with van der Waals surface area (Å²) in [6, 6.07) is 4.12. The number of ether oxygens (including phenoxy) is 1. The third-order valence-electron chi connectivity index (χ3n) is 7.18. The first-order chi connectivity index (χ1) is 14.5. The molecule has 1 saturated heterocycles. The van der Waals surface area contributed by atoms with Gasteiger partial charge in [-0.2, -0.15) is 0 Å². The first-order valence-electron chi connectivity index (χ1n) is 9.84. The highest BCUT2D eigenvalue weighted by atomic mass is 32.2. The zero-order valence-corrected chi connectivity index (χ0v) is 18.4. The summed E-state index contributed by atoms with van der Waals surface area (Å²) in [6.45, 7) is -0.307. The summed E-state index contributed by atoms with van der Waals surface area (Å²) in [7, 11) is 1.26. The molecular formula is C20H18N2O5S3. The second kappa shape index (κ2) is 6.54. The number of esters is 1. The molecule has 4 aliphatic rings. The largest absolute Gasteiger partial charge is 0.468 e.